The Morgan fingerprint density at radius 2 is 1.77 bits per heavy atom. The molecule has 2 saturated heterocycles. The summed E-state index contributed by atoms with van der Waals surface area (Å²) in [6.45, 7) is 4.01. The first-order valence-electron chi connectivity index (χ1n) is 9.92. The van der Waals surface area contributed by atoms with Crippen molar-refractivity contribution in [2.24, 2.45) is 5.41 Å². The number of hydrogen-bond donors (Lipinski definition) is 0. The SMILES string of the molecule is Cc1cc(N2CC3(CCN(c4cnc5cnn(CC(F)F)c5n4)C3)C2)nc(C(F)F)n1. The van der Waals surface area contributed by atoms with Crippen molar-refractivity contribution in [1.82, 2.24) is 29.7 Å². The van der Waals surface area contributed by atoms with Gasteiger partial charge in [0.1, 0.15) is 23.7 Å². The molecule has 0 unspecified atom stereocenters. The van der Waals surface area contributed by atoms with Crippen LogP contribution in [0.5, 0.6) is 0 Å². The number of nitrogens with zero attached hydrogens (tertiary/aromatic N) is 8. The molecule has 0 atom stereocenters. The Balaban J connectivity index is 1.30. The van der Waals surface area contributed by atoms with Crippen LogP contribution in [0.15, 0.2) is 18.5 Å². The van der Waals surface area contributed by atoms with Gasteiger partial charge >= 0.3 is 0 Å². The van der Waals surface area contributed by atoms with Crippen molar-refractivity contribution in [2.75, 3.05) is 36.0 Å². The molecule has 0 aliphatic carbocycles. The van der Waals surface area contributed by atoms with E-state index in [0.29, 0.717) is 41.6 Å². The van der Waals surface area contributed by atoms with Crippen LogP contribution in [-0.2, 0) is 6.54 Å². The Hall–Kier alpha value is -3.05. The van der Waals surface area contributed by atoms with E-state index in [1.54, 1.807) is 19.2 Å². The van der Waals surface area contributed by atoms with E-state index in [1.165, 1.54) is 10.9 Å². The largest absolute Gasteiger partial charge is 0.355 e. The van der Waals surface area contributed by atoms with Crippen molar-refractivity contribution < 1.29 is 17.6 Å². The Morgan fingerprint density at radius 1 is 1.00 bits per heavy atom. The first-order valence-corrected chi connectivity index (χ1v) is 9.92. The third-order valence-electron chi connectivity index (χ3n) is 5.84. The second-order valence-electron chi connectivity index (χ2n) is 8.21. The summed E-state index contributed by atoms with van der Waals surface area (Å²) < 4.78 is 52.8. The molecule has 2 aliphatic heterocycles. The van der Waals surface area contributed by atoms with E-state index in [9.17, 15) is 17.6 Å². The van der Waals surface area contributed by atoms with Gasteiger partial charge in [0.15, 0.2) is 11.5 Å². The summed E-state index contributed by atoms with van der Waals surface area (Å²) in [5, 5.41) is 3.95. The lowest BCUT2D eigenvalue weighted by Gasteiger charge is -2.48. The average Bonchev–Trinajstić information content (AvgIpc) is 3.30. The van der Waals surface area contributed by atoms with Crippen LogP contribution in [0, 0.1) is 12.3 Å². The van der Waals surface area contributed by atoms with Crippen LogP contribution in [0.3, 0.4) is 0 Å². The van der Waals surface area contributed by atoms with Gasteiger partial charge in [-0.3, -0.25) is 0 Å². The Labute approximate surface area is 174 Å². The van der Waals surface area contributed by atoms with E-state index in [4.69, 9.17) is 0 Å². The van der Waals surface area contributed by atoms with Gasteiger partial charge in [0.2, 0.25) is 0 Å². The Morgan fingerprint density at radius 3 is 2.52 bits per heavy atom. The van der Waals surface area contributed by atoms with E-state index >= 15 is 0 Å². The van der Waals surface area contributed by atoms with Crippen molar-refractivity contribution in [3.05, 3.63) is 30.0 Å². The molecule has 0 aromatic carbocycles. The molecule has 12 heteroatoms. The highest BCUT2D eigenvalue weighted by molar-refractivity contribution is 5.71. The highest BCUT2D eigenvalue weighted by Crippen LogP contribution is 2.42. The fourth-order valence-corrected chi connectivity index (χ4v) is 4.40. The molecule has 5 heterocycles. The zero-order valence-electron chi connectivity index (χ0n) is 16.7. The standard InChI is InChI=1S/C19H20F4N8/c1-11-4-14(27-17(26-11)16(22)23)30-9-19(10-30)2-3-29(8-19)15-6-24-12-5-25-31(7-13(20)21)18(12)28-15/h4-6,13,16H,2-3,7-10H2,1H3. The monoisotopic (exact) mass is 436 g/mol. The van der Waals surface area contributed by atoms with Crippen LogP contribution in [0.4, 0.5) is 29.2 Å². The summed E-state index contributed by atoms with van der Waals surface area (Å²) in [4.78, 5) is 20.7. The molecule has 8 nitrogen and oxygen atoms in total. The predicted molar refractivity (Wildman–Crippen MR) is 105 cm³/mol. The number of anilines is 2. The summed E-state index contributed by atoms with van der Waals surface area (Å²) in [6.07, 6.45) is -1.26. The smallest absolute Gasteiger partial charge is 0.297 e. The van der Waals surface area contributed by atoms with E-state index in [0.717, 1.165) is 19.5 Å². The van der Waals surface area contributed by atoms with E-state index in [2.05, 4.69) is 29.9 Å². The second-order valence-corrected chi connectivity index (χ2v) is 8.21. The number of fused-ring (bicyclic) bond motifs is 1. The topological polar surface area (TPSA) is 75.9 Å². The summed E-state index contributed by atoms with van der Waals surface area (Å²) in [6, 6.07) is 1.72. The Kier molecular flexibility index (Phi) is 4.67. The van der Waals surface area contributed by atoms with Gasteiger partial charge < -0.3 is 9.80 Å². The van der Waals surface area contributed by atoms with Crippen LogP contribution in [0.1, 0.15) is 24.4 Å². The zero-order valence-corrected chi connectivity index (χ0v) is 16.7. The number of aromatic nitrogens is 6. The molecule has 0 bridgehead atoms. The number of hydrogen-bond acceptors (Lipinski definition) is 7. The second kappa shape index (κ2) is 7.27. The molecule has 31 heavy (non-hydrogen) atoms. The molecule has 3 aromatic heterocycles. The normalized spacial score (nSPS) is 18.0. The number of aryl methyl sites for hydroxylation is 1. The number of halogens is 4. The predicted octanol–water partition coefficient (Wildman–Crippen LogP) is 2.84. The van der Waals surface area contributed by atoms with Crippen molar-refractivity contribution in [2.45, 2.75) is 32.7 Å². The Bertz CT molecular complexity index is 1110. The average molecular weight is 436 g/mol. The molecule has 2 fully saturated rings. The lowest BCUT2D eigenvalue weighted by Crippen LogP contribution is -2.58. The molecule has 0 amide bonds. The van der Waals surface area contributed by atoms with Gasteiger partial charge in [0, 0.05) is 43.4 Å². The van der Waals surface area contributed by atoms with Crippen molar-refractivity contribution in [3.63, 3.8) is 0 Å². The van der Waals surface area contributed by atoms with Crippen molar-refractivity contribution >= 4 is 22.8 Å². The maximum absolute atomic E-state index is 13.0. The van der Waals surface area contributed by atoms with E-state index in [1.807, 2.05) is 4.90 Å². The van der Waals surface area contributed by atoms with E-state index < -0.39 is 25.2 Å². The molecular weight excluding hydrogens is 416 g/mol. The molecule has 5 rings (SSSR count). The third kappa shape index (κ3) is 3.63. The molecule has 0 radical (unpaired) electrons. The van der Waals surface area contributed by atoms with Crippen molar-refractivity contribution in [3.8, 4) is 0 Å². The quantitative estimate of drug-likeness (QED) is 0.570. The minimum Gasteiger partial charge on any atom is -0.355 e. The first-order chi connectivity index (χ1) is 14.8. The fraction of sp³-hybridized carbons (Fsp3) is 0.526. The van der Waals surface area contributed by atoms with Gasteiger partial charge in [0.25, 0.3) is 12.9 Å². The third-order valence-corrected chi connectivity index (χ3v) is 5.84. The summed E-state index contributed by atoms with van der Waals surface area (Å²) in [5.41, 5.74) is 1.33. The maximum Gasteiger partial charge on any atom is 0.297 e. The highest BCUT2D eigenvalue weighted by atomic mass is 19.3. The number of alkyl halides is 4. The lowest BCUT2D eigenvalue weighted by molar-refractivity contribution is 0.123. The van der Waals surface area contributed by atoms with Gasteiger partial charge in [-0.2, -0.15) is 5.10 Å². The molecule has 164 valence electrons. The molecule has 3 aromatic rings. The molecule has 0 saturated carbocycles. The van der Waals surface area contributed by atoms with Crippen LogP contribution in [0.25, 0.3) is 11.2 Å². The molecular formula is C19H20F4N8. The van der Waals surface area contributed by atoms with Gasteiger partial charge in [0.05, 0.1) is 12.4 Å². The van der Waals surface area contributed by atoms with Gasteiger partial charge in [-0.1, -0.05) is 0 Å². The van der Waals surface area contributed by atoms with Gasteiger partial charge in [-0.15, -0.1) is 0 Å². The van der Waals surface area contributed by atoms with Gasteiger partial charge in [-0.25, -0.2) is 42.2 Å². The van der Waals surface area contributed by atoms with Gasteiger partial charge in [-0.05, 0) is 13.3 Å². The molecule has 0 N–H and O–H groups in total. The van der Waals surface area contributed by atoms with E-state index in [-0.39, 0.29) is 5.41 Å². The minimum atomic E-state index is -2.71. The zero-order chi connectivity index (χ0) is 21.8. The molecule has 1 spiro atoms. The maximum atomic E-state index is 13.0. The minimum absolute atomic E-state index is 0.00367. The summed E-state index contributed by atoms with van der Waals surface area (Å²) in [7, 11) is 0. The summed E-state index contributed by atoms with van der Waals surface area (Å²) in [5.74, 6) is 0.689. The molecule has 2 aliphatic rings. The van der Waals surface area contributed by atoms with Crippen LogP contribution < -0.4 is 9.80 Å². The highest BCUT2D eigenvalue weighted by Gasteiger charge is 2.48. The van der Waals surface area contributed by atoms with Crippen LogP contribution >= 0.6 is 0 Å². The van der Waals surface area contributed by atoms with Crippen LogP contribution in [0.2, 0.25) is 0 Å². The van der Waals surface area contributed by atoms with Crippen LogP contribution in [-0.4, -0.2) is 62.3 Å². The first kappa shape index (κ1) is 19.9. The fourth-order valence-electron chi connectivity index (χ4n) is 4.40. The van der Waals surface area contributed by atoms with Crippen molar-refractivity contribution in [1.29, 1.82) is 0 Å². The number of rotatable bonds is 5. The summed E-state index contributed by atoms with van der Waals surface area (Å²) >= 11 is 0. The lowest BCUT2D eigenvalue weighted by atomic mass is 9.79.